The summed E-state index contributed by atoms with van der Waals surface area (Å²) in [5.74, 6) is 1.62. The average molecular weight is 229 g/mol. The van der Waals surface area contributed by atoms with Crippen LogP contribution in [0.5, 0.6) is 0 Å². The van der Waals surface area contributed by atoms with Gasteiger partial charge >= 0.3 is 0 Å². The Balaban J connectivity index is 2.32. The van der Waals surface area contributed by atoms with Crippen molar-refractivity contribution in [1.29, 1.82) is 0 Å². The number of hydrogen-bond acceptors (Lipinski definition) is 5. The number of nitrogens with zero attached hydrogens (tertiary/aromatic N) is 2. The summed E-state index contributed by atoms with van der Waals surface area (Å²) in [6, 6.07) is 0.539. The van der Waals surface area contributed by atoms with E-state index in [1.807, 2.05) is 6.92 Å². The van der Waals surface area contributed by atoms with Crippen molar-refractivity contribution in [1.82, 2.24) is 15.5 Å². The van der Waals surface area contributed by atoms with Gasteiger partial charge in [-0.25, -0.2) is 0 Å². The van der Waals surface area contributed by atoms with Gasteiger partial charge in [-0.2, -0.15) is 0 Å². The van der Waals surface area contributed by atoms with Crippen LogP contribution in [0.3, 0.4) is 0 Å². The fourth-order valence-electron chi connectivity index (χ4n) is 1.39. The van der Waals surface area contributed by atoms with Crippen molar-refractivity contribution in [2.24, 2.45) is 0 Å². The predicted molar refractivity (Wildman–Crippen MR) is 62.1 cm³/mol. The summed E-state index contributed by atoms with van der Waals surface area (Å²) >= 11 is 1.63. The summed E-state index contributed by atoms with van der Waals surface area (Å²) < 4.78 is 5.30. The molecule has 5 heteroatoms. The number of rotatable bonds is 7. The fourth-order valence-corrected chi connectivity index (χ4v) is 2.30. The normalized spacial score (nSPS) is 13.0. The molecular formula is C10H19N3OS. The van der Waals surface area contributed by atoms with E-state index in [2.05, 4.69) is 29.4 Å². The summed E-state index contributed by atoms with van der Waals surface area (Å²) in [6.45, 7) is 7.15. The Morgan fingerprint density at radius 3 is 2.73 bits per heavy atom. The maximum absolute atomic E-state index is 5.30. The van der Waals surface area contributed by atoms with Crippen LogP contribution < -0.4 is 5.32 Å². The highest BCUT2D eigenvalue weighted by Gasteiger charge is 2.09. The molecule has 0 spiro atoms. The van der Waals surface area contributed by atoms with Gasteiger partial charge in [-0.1, -0.05) is 32.0 Å². The maximum Gasteiger partial charge on any atom is 0.276 e. The van der Waals surface area contributed by atoms with Crippen LogP contribution in [0, 0.1) is 6.92 Å². The Hall–Kier alpha value is -0.550. The zero-order chi connectivity index (χ0) is 11.1. The molecule has 1 aromatic rings. The van der Waals surface area contributed by atoms with Crippen LogP contribution in [-0.2, 0) is 0 Å². The van der Waals surface area contributed by atoms with Gasteiger partial charge in [-0.3, -0.25) is 0 Å². The monoisotopic (exact) mass is 229 g/mol. The van der Waals surface area contributed by atoms with Gasteiger partial charge in [0.1, 0.15) is 0 Å². The zero-order valence-corrected chi connectivity index (χ0v) is 10.4. The molecule has 1 unspecified atom stereocenters. The molecule has 0 aliphatic rings. The average Bonchev–Trinajstić information content (AvgIpc) is 2.61. The molecule has 1 aromatic heterocycles. The maximum atomic E-state index is 5.30. The molecule has 0 saturated carbocycles. The first-order chi connectivity index (χ1) is 7.26. The van der Waals surface area contributed by atoms with E-state index in [0.29, 0.717) is 17.2 Å². The zero-order valence-electron chi connectivity index (χ0n) is 9.62. The molecule has 0 aliphatic carbocycles. The van der Waals surface area contributed by atoms with Crippen LogP contribution in [0.25, 0.3) is 0 Å². The Bertz CT molecular complexity index is 271. The summed E-state index contributed by atoms with van der Waals surface area (Å²) in [4.78, 5) is 0. The van der Waals surface area contributed by atoms with E-state index in [4.69, 9.17) is 4.42 Å². The highest BCUT2D eigenvalue weighted by Crippen LogP contribution is 2.17. The minimum Gasteiger partial charge on any atom is -0.416 e. The van der Waals surface area contributed by atoms with E-state index >= 15 is 0 Å². The molecule has 1 heterocycles. The summed E-state index contributed by atoms with van der Waals surface area (Å²) in [5, 5.41) is 11.9. The van der Waals surface area contributed by atoms with E-state index in [1.165, 1.54) is 12.8 Å². The predicted octanol–water partition coefficient (Wildman–Crippen LogP) is 2.25. The second-order valence-corrected chi connectivity index (χ2v) is 4.41. The number of nitrogens with one attached hydrogen (secondary N) is 1. The molecule has 1 atom stereocenters. The quantitative estimate of drug-likeness (QED) is 0.727. The van der Waals surface area contributed by atoms with Gasteiger partial charge < -0.3 is 9.73 Å². The molecule has 1 N–H and O–H groups in total. The van der Waals surface area contributed by atoms with E-state index < -0.39 is 0 Å². The highest BCUT2D eigenvalue weighted by atomic mass is 32.2. The topological polar surface area (TPSA) is 51.0 Å². The number of aryl methyl sites for hydroxylation is 1. The molecule has 15 heavy (non-hydrogen) atoms. The SMILES string of the molecule is CCCC(CSc1nnc(C)o1)NCC. The van der Waals surface area contributed by atoms with Gasteiger partial charge in [-0.05, 0) is 13.0 Å². The first-order valence-electron chi connectivity index (χ1n) is 5.42. The minimum absolute atomic E-state index is 0.539. The van der Waals surface area contributed by atoms with Crippen LogP contribution in [0.2, 0.25) is 0 Å². The van der Waals surface area contributed by atoms with E-state index in [9.17, 15) is 0 Å². The first kappa shape index (κ1) is 12.5. The molecule has 0 aliphatic heterocycles. The van der Waals surface area contributed by atoms with Crippen LogP contribution >= 0.6 is 11.8 Å². The van der Waals surface area contributed by atoms with Gasteiger partial charge in [0.05, 0.1) is 0 Å². The van der Waals surface area contributed by atoms with Crippen molar-refractivity contribution in [3.05, 3.63) is 5.89 Å². The first-order valence-corrected chi connectivity index (χ1v) is 6.41. The third-order valence-corrected chi connectivity index (χ3v) is 3.03. The third-order valence-electron chi connectivity index (χ3n) is 2.05. The van der Waals surface area contributed by atoms with Gasteiger partial charge in [0.25, 0.3) is 5.22 Å². The summed E-state index contributed by atoms with van der Waals surface area (Å²) in [6.07, 6.45) is 2.38. The molecule has 86 valence electrons. The number of thioether (sulfide) groups is 1. The van der Waals surface area contributed by atoms with Crippen molar-refractivity contribution in [2.45, 2.75) is 44.9 Å². The molecule has 0 fully saturated rings. The van der Waals surface area contributed by atoms with Gasteiger partial charge in [-0.15, -0.1) is 10.2 Å². The fraction of sp³-hybridized carbons (Fsp3) is 0.800. The van der Waals surface area contributed by atoms with E-state index in [-0.39, 0.29) is 0 Å². The minimum atomic E-state index is 0.539. The summed E-state index contributed by atoms with van der Waals surface area (Å²) in [7, 11) is 0. The van der Waals surface area contributed by atoms with E-state index in [1.54, 1.807) is 11.8 Å². The number of hydrogen-bond donors (Lipinski definition) is 1. The van der Waals surface area contributed by atoms with Crippen LogP contribution in [-0.4, -0.2) is 28.5 Å². The van der Waals surface area contributed by atoms with Gasteiger partial charge in [0.15, 0.2) is 0 Å². The molecule has 0 bridgehead atoms. The smallest absolute Gasteiger partial charge is 0.276 e. The lowest BCUT2D eigenvalue weighted by molar-refractivity contribution is 0.428. The standard InChI is InChI=1S/C10H19N3OS/c1-4-6-9(11-5-2)7-15-10-13-12-8(3)14-10/h9,11H,4-7H2,1-3H3. The molecular weight excluding hydrogens is 210 g/mol. The molecule has 0 saturated heterocycles. The molecule has 0 radical (unpaired) electrons. The lowest BCUT2D eigenvalue weighted by Crippen LogP contribution is -2.30. The second kappa shape index (κ2) is 6.85. The van der Waals surface area contributed by atoms with Crippen LogP contribution in [0.1, 0.15) is 32.6 Å². The Kier molecular flexibility index (Phi) is 5.71. The van der Waals surface area contributed by atoms with Crippen molar-refractivity contribution in [2.75, 3.05) is 12.3 Å². The van der Waals surface area contributed by atoms with Crippen molar-refractivity contribution < 1.29 is 4.42 Å². The van der Waals surface area contributed by atoms with Crippen LogP contribution in [0.15, 0.2) is 9.64 Å². The largest absolute Gasteiger partial charge is 0.416 e. The highest BCUT2D eigenvalue weighted by molar-refractivity contribution is 7.99. The lowest BCUT2D eigenvalue weighted by Gasteiger charge is -2.14. The molecule has 1 rings (SSSR count). The lowest BCUT2D eigenvalue weighted by atomic mass is 10.2. The van der Waals surface area contributed by atoms with Gasteiger partial charge in [0.2, 0.25) is 5.89 Å². The van der Waals surface area contributed by atoms with E-state index in [0.717, 1.165) is 12.3 Å². The molecule has 0 amide bonds. The molecule has 0 aromatic carbocycles. The Morgan fingerprint density at radius 1 is 1.40 bits per heavy atom. The number of aromatic nitrogens is 2. The molecule has 4 nitrogen and oxygen atoms in total. The third kappa shape index (κ3) is 4.66. The van der Waals surface area contributed by atoms with Crippen LogP contribution in [0.4, 0.5) is 0 Å². The summed E-state index contributed by atoms with van der Waals surface area (Å²) in [5.41, 5.74) is 0. The Morgan fingerprint density at radius 2 is 2.20 bits per heavy atom. The Labute approximate surface area is 95.2 Å². The van der Waals surface area contributed by atoms with Gasteiger partial charge in [0, 0.05) is 18.7 Å². The van der Waals surface area contributed by atoms with Crippen molar-refractivity contribution >= 4 is 11.8 Å². The second-order valence-electron chi connectivity index (χ2n) is 3.44. The van der Waals surface area contributed by atoms with Crippen molar-refractivity contribution in [3.8, 4) is 0 Å². The van der Waals surface area contributed by atoms with Crippen molar-refractivity contribution in [3.63, 3.8) is 0 Å².